The van der Waals surface area contributed by atoms with Gasteiger partial charge in [0.25, 0.3) is 5.91 Å². The third-order valence-electron chi connectivity index (χ3n) is 6.43. The highest BCUT2D eigenvalue weighted by Gasteiger charge is 2.29. The molecule has 3 atom stereocenters. The second-order valence-electron chi connectivity index (χ2n) is 8.78. The zero-order valence-corrected chi connectivity index (χ0v) is 19.3. The first-order valence-corrected chi connectivity index (χ1v) is 11.5. The van der Waals surface area contributed by atoms with E-state index in [9.17, 15) is 9.90 Å². The number of aliphatic hydroxyl groups excluding tert-OH is 1. The van der Waals surface area contributed by atoms with Gasteiger partial charge in [-0.05, 0) is 48.6 Å². The number of amides is 1. The van der Waals surface area contributed by atoms with E-state index in [1.807, 2.05) is 85.9 Å². The van der Waals surface area contributed by atoms with E-state index >= 15 is 0 Å². The summed E-state index contributed by atoms with van der Waals surface area (Å²) in [5.74, 6) is 0.768. The molecule has 3 aromatic rings. The van der Waals surface area contributed by atoms with Gasteiger partial charge in [-0.1, -0.05) is 60.7 Å². The lowest BCUT2D eigenvalue weighted by Gasteiger charge is -2.21. The summed E-state index contributed by atoms with van der Waals surface area (Å²) >= 11 is 0. The molecule has 33 heavy (non-hydrogen) atoms. The van der Waals surface area contributed by atoms with Crippen molar-refractivity contribution >= 4 is 5.91 Å². The molecule has 0 radical (unpaired) electrons. The highest BCUT2D eigenvalue weighted by atomic mass is 16.5. The fourth-order valence-corrected chi connectivity index (χ4v) is 4.59. The molecule has 1 amide bonds. The number of carbonyl (C=O) groups is 1. The van der Waals surface area contributed by atoms with E-state index in [1.165, 1.54) is 5.56 Å². The summed E-state index contributed by atoms with van der Waals surface area (Å²) in [4.78, 5) is 14.6. The number of methoxy groups -OCH3 is 1. The van der Waals surface area contributed by atoms with Gasteiger partial charge in [0.2, 0.25) is 0 Å². The van der Waals surface area contributed by atoms with E-state index in [4.69, 9.17) is 4.74 Å². The molecule has 1 fully saturated rings. The molecule has 0 bridgehead atoms. The summed E-state index contributed by atoms with van der Waals surface area (Å²) in [7, 11) is 3.45. The molecule has 5 nitrogen and oxygen atoms in total. The normalized spacial score (nSPS) is 18.6. The fourth-order valence-electron chi connectivity index (χ4n) is 4.59. The van der Waals surface area contributed by atoms with Crippen molar-refractivity contribution in [2.75, 3.05) is 14.2 Å². The summed E-state index contributed by atoms with van der Waals surface area (Å²) in [5, 5.41) is 14.3. The third-order valence-corrected chi connectivity index (χ3v) is 6.43. The van der Waals surface area contributed by atoms with Crippen LogP contribution in [0.15, 0.2) is 78.9 Å². The maximum atomic E-state index is 12.9. The van der Waals surface area contributed by atoms with Crippen molar-refractivity contribution in [3.63, 3.8) is 0 Å². The van der Waals surface area contributed by atoms with Crippen LogP contribution >= 0.6 is 0 Å². The lowest BCUT2D eigenvalue weighted by Crippen LogP contribution is -2.35. The highest BCUT2D eigenvalue weighted by molar-refractivity contribution is 5.94. The van der Waals surface area contributed by atoms with Gasteiger partial charge in [-0.15, -0.1) is 0 Å². The van der Waals surface area contributed by atoms with Gasteiger partial charge in [0.1, 0.15) is 5.75 Å². The Balaban J connectivity index is 1.32. The number of ether oxygens (including phenoxy) is 1. The molecule has 1 aliphatic heterocycles. The second kappa shape index (κ2) is 10.6. The van der Waals surface area contributed by atoms with Crippen molar-refractivity contribution in [2.24, 2.45) is 0 Å². The minimum atomic E-state index is -0.491. The Labute approximate surface area is 196 Å². The second-order valence-corrected chi connectivity index (χ2v) is 8.78. The van der Waals surface area contributed by atoms with Crippen molar-refractivity contribution in [2.45, 2.75) is 44.0 Å². The molecule has 1 aliphatic rings. The van der Waals surface area contributed by atoms with Crippen LogP contribution in [0.25, 0.3) is 0 Å². The van der Waals surface area contributed by atoms with Crippen molar-refractivity contribution in [3.8, 4) is 5.75 Å². The predicted octanol–water partition coefficient (Wildman–Crippen LogP) is 4.36. The van der Waals surface area contributed by atoms with Crippen molar-refractivity contribution in [1.29, 1.82) is 0 Å². The molecule has 2 N–H and O–H groups in total. The Hall–Kier alpha value is -3.15. The zero-order valence-electron chi connectivity index (χ0n) is 19.3. The average molecular weight is 445 g/mol. The summed E-state index contributed by atoms with van der Waals surface area (Å²) < 4.78 is 5.40. The van der Waals surface area contributed by atoms with E-state index in [-0.39, 0.29) is 11.9 Å². The Morgan fingerprint density at radius 3 is 2.45 bits per heavy atom. The maximum absolute atomic E-state index is 12.9. The number of hydrogen-bond donors (Lipinski definition) is 2. The van der Waals surface area contributed by atoms with Crippen LogP contribution in [0, 0.1) is 0 Å². The monoisotopic (exact) mass is 444 g/mol. The van der Waals surface area contributed by atoms with Crippen LogP contribution in [-0.4, -0.2) is 42.2 Å². The quantitative estimate of drug-likeness (QED) is 0.542. The minimum absolute atomic E-state index is 0.0162. The number of benzene rings is 3. The van der Waals surface area contributed by atoms with Crippen molar-refractivity contribution in [3.05, 3.63) is 101 Å². The molecular weight excluding hydrogens is 412 g/mol. The molecule has 3 aromatic carbocycles. The van der Waals surface area contributed by atoms with Crippen LogP contribution in [0.5, 0.6) is 5.75 Å². The summed E-state index contributed by atoms with van der Waals surface area (Å²) in [6.45, 7) is 0.488. The largest absolute Gasteiger partial charge is 0.496 e. The number of rotatable bonds is 8. The van der Waals surface area contributed by atoms with Crippen LogP contribution in [-0.2, 0) is 13.0 Å². The van der Waals surface area contributed by atoms with Gasteiger partial charge in [-0.3, -0.25) is 4.79 Å². The van der Waals surface area contributed by atoms with Gasteiger partial charge in [-0.2, -0.15) is 0 Å². The van der Waals surface area contributed by atoms with E-state index in [0.29, 0.717) is 18.2 Å². The first-order valence-electron chi connectivity index (χ1n) is 11.5. The number of para-hydroxylation sites is 1. The number of carbonyl (C=O) groups excluding carboxylic acids is 1. The van der Waals surface area contributed by atoms with E-state index in [1.54, 1.807) is 12.0 Å². The third kappa shape index (κ3) is 5.62. The molecule has 5 heteroatoms. The molecule has 4 rings (SSSR count). The number of aliphatic hydroxyl groups is 1. The van der Waals surface area contributed by atoms with Gasteiger partial charge >= 0.3 is 0 Å². The smallest absolute Gasteiger partial charge is 0.253 e. The predicted molar refractivity (Wildman–Crippen MR) is 130 cm³/mol. The van der Waals surface area contributed by atoms with Crippen LogP contribution in [0.4, 0.5) is 0 Å². The molecular formula is C28H32N2O3. The van der Waals surface area contributed by atoms with Gasteiger partial charge < -0.3 is 20.1 Å². The van der Waals surface area contributed by atoms with Gasteiger partial charge in [0.15, 0.2) is 0 Å². The van der Waals surface area contributed by atoms with Crippen LogP contribution in [0.2, 0.25) is 0 Å². The van der Waals surface area contributed by atoms with Crippen LogP contribution in [0.1, 0.15) is 46.0 Å². The van der Waals surface area contributed by atoms with E-state index in [2.05, 4.69) is 5.32 Å². The Bertz CT molecular complexity index is 1050. The van der Waals surface area contributed by atoms with Gasteiger partial charge in [0.05, 0.1) is 13.2 Å². The van der Waals surface area contributed by atoms with E-state index < -0.39 is 6.10 Å². The lowest BCUT2D eigenvalue weighted by atomic mass is 10.0. The summed E-state index contributed by atoms with van der Waals surface area (Å²) in [6, 6.07) is 25.9. The number of hydrogen-bond acceptors (Lipinski definition) is 4. The Morgan fingerprint density at radius 2 is 1.73 bits per heavy atom. The molecule has 0 aromatic heterocycles. The summed E-state index contributed by atoms with van der Waals surface area (Å²) in [5.41, 5.74) is 3.79. The fraction of sp³-hybridized carbons (Fsp3) is 0.321. The molecule has 1 saturated heterocycles. The molecule has 172 valence electrons. The zero-order chi connectivity index (χ0) is 23.2. The number of nitrogens with one attached hydrogen (secondary N) is 1. The average Bonchev–Trinajstić information content (AvgIpc) is 3.33. The number of nitrogens with zero attached hydrogens (tertiary/aromatic N) is 1. The minimum Gasteiger partial charge on any atom is -0.496 e. The van der Waals surface area contributed by atoms with Gasteiger partial charge in [0, 0.05) is 36.8 Å². The highest BCUT2D eigenvalue weighted by Crippen LogP contribution is 2.27. The first kappa shape index (κ1) is 23.0. The standard InChI is InChI=1S/C28H32N2O3/c1-30(19-23-10-6-7-11-26(23)33-2)28(32)22-14-12-20(13-15-22)18-24-16-17-25(29-24)27(31)21-8-4-3-5-9-21/h3-15,24-25,27,29,31H,16-19H2,1-2H3/t24-,25+,27+/m0/s1. The summed E-state index contributed by atoms with van der Waals surface area (Å²) in [6.07, 6.45) is 2.36. The molecule has 0 aliphatic carbocycles. The maximum Gasteiger partial charge on any atom is 0.253 e. The van der Waals surface area contributed by atoms with Gasteiger partial charge in [-0.25, -0.2) is 0 Å². The Morgan fingerprint density at radius 1 is 1.03 bits per heavy atom. The van der Waals surface area contributed by atoms with Crippen LogP contribution < -0.4 is 10.1 Å². The molecule has 1 heterocycles. The topological polar surface area (TPSA) is 61.8 Å². The molecule has 0 unspecified atom stereocenters. The Kier molecular flexibility index (Phi) is 7.43. The van der Waals surface area contributed by atoms with Crippen molar-refractivity contribution < 1.29 is 14.6 Å². The van der Waals surface area contributed by atoms with Crippen LogP contribution in [0.3, 0.4) is 0 Å². The SMILES string of the molecule is COc1ccccc1CN(C)C(=O)c1ccc(C[C@@H]2CC[C@H]([C@H](O)c3ccccc3)N2)cc1. The molecule has 0 spiro atoms. The van der Waals surface area contributed by atoms with E-state index in [0.717, 1.165) is 36.1 Å². The lowest BCUT2D eigenvalue weighted by molar-refractivity contribution is 0.0784. The molecule has 0 saturated carbocycles. The first-order chi connectivity index (χ1) is 16.0. The van der Waals surface area contributed by atoms with Crippen molar-refractivity contribution in [1.82, 2.24) is 10.2 Å².